The SMILES string of the molecule is O=C(CN1CCS(=O)(=O)CC1)NCCc1cccc2ccccc12. The minimum atomic E-state index is -2.90. The molecular weight excluding hydrogens is 324 g/mol. The van der Waals surface area contributed by atoms with Crippen molar-refractivity contribution < 1.29 is 13.2 Å². The van der Waals surface area contributed by atoms with E-state index in [-0.39, 0.29) is 24.0 Å². The molecule has 1 aliphatic heterocycles. The van der Waals surface area contributed by atoms with Crippen LogP contribution in [0.15, 0.2) is 42.5 Å². The number of benzene rings is 2. The summed E-state index contributed by atoms with van der Waals surface area (Å²) in [4.78, 5) is 13.9. The van der Waals surface area contributed by atoms with Crippen LogP contribution in [0.3, 0.4) is 0 Å². The molecule has 0 atom stereocenters. The van der Waals surface area contributed by atoms with Crippen LogP contribution in [0.2, 0.25) is 0 Å². The van der Waals surface area contributed by atoms with E-state index in [4.69, 9.17) is 0 Å². The van der Waals surface area contributed by atoms with E-state index in [1.54, 1.807) is 0 Å². The van der Waals surface area contributed by atoms with Crippen molar-refractivity contribution in [3.8, 4) is 0 Å². The summed E-state index contributed by atoms with van der Waals surface area (Å²) >= 11 is 0. The molecule has 0 unspecified atom stereocenters. The second-order valence-electron chi connectivity index (χ2n) is 6.17. The molecule has 2 aromatic carbocycles. The minimum Gasteiger partial charge on any atom is -0.355 e. The van der Waals surface area contributed by atoms with Crippen molar-refractivity contribution in [2.75, 3.05) is 37.7 Å². The summed E-state index contributed by atoms with van der Waals surface area (Å²) in [6.07, 6.45) is 0.779. The lowest BCUT2D eigenvalue weighted by Crippen LogP contribution is -2.45. The highest BCUT2D eigenvalue weighted by Crippen LogP contribution is 2.18. The maximum atomic E-state index is 12.0. The molecule has 1 N–H and O–H groups in total. The van der Waals surface area contributed by atoms with Crippen LogP contribution in [0.4, 0.5) is 0 Å². The number of sulfone groups is 1. The van der Waals surface area contributed by atoms with Gasteiger partial charge in [-0.3, -0.25) is 9.69 Å². The molecule has 6 heteroatoms. The highest BCUT2D eigenvalue weighted by molar-refractivity contribution is 7.91. The fourth-order valence-corrected chi connectivity index (χ4v) is 4.29. The third-order valence-electron chi connectivity index (χ3n) is 4.40. The lowest BCUT2D eigenvalue weighted by molar-refractivity contribution is -0.122. The predicted molar refractivity (Wildman–Crippen MR) is 95.8 cm³/mol. The van der Waals surface area contributed by atoms with Gasteiger partial charge in [0, 0.05) is 19.6 Å². The van der Waals surface area contributed by atoms with E-state index < -0.39 is 9.84 Å². The van der Waals surface area contributed by atoms with Crippen molar-refractivity contribution in [2.24, 2.45) is 0 Å². The van der Waals surface area contributed by atoms with Gasteiger partial charge in [-0.05, 0) is 22.8 Å². The standard InChI is InChI=1S/C18H22N2O3S/c21-18(14-20-10-12-24(22,23)13-11-20)19-9-8-16-6-3-5-15-4-1-2-7-17(15)16/h1-7H,8-14H2,(H,19,21). The highest BCUT2D eigenvalue weighted by atomic mass is 32.2. The van der Waals surface area contributed by atoms with E-state index in [1.165, 1.54) is 16.3 Å². The average Bonchev–Trinajstić information content (AvgIpc) is 2.57. The van der Waals surface area contributed by atoms with Gasteiger partial charge in [-0.2, -0.15) is 0 Å². The molecule has 1 fully saturated rings. The number of rotatable bonds is 5. The van der Waals surface area contributed by atoms with E-state index in [0.717, 1.165) is 6.42 Å². The van der Waals surface area contributed by atoms with Crippen molar-refractivity contribution in [3.63, 3.8) is 0 Å². The van der Waals surface area contributed by atoms with Crippen LogP contribution < -0.4 is 5.32 Å². The largest absolute Gasteiger partial charge is 0.355 e. The van der Waals surface area contributed by atoms with Crippen molar-refractivity contribution >= 4 is 26.5 Å². The van der Waals surface area contributed by atoms with Crippen molar-refractivity contribution in [2.45, 2.75) is 6.42 Å². The predicted octanol–water partition coefficient (Wildman–Crippen LogP) is 1.23. The Morgan fingerprint density at radius 2 is 1.75 bits per heavy atom. The number of hydrogen-bond donors (Lipinski definition) is 1. The number of nitrogens with zero attached hydrogens (tertiary/aromatic N) is 1. The number of carbonyl (C=O) groups is 1. The molecule has 1 saturated heterocycles. The van der Waals surface area contributed by atoms with Gasteiger partial charge in [-0.15, -0.1) is 0 Å². The van der Waals surface area contributed by atoms with Crippen LogP contribution in [0.25, 0.3) is 10.8 Å². The third kappa shape index (κ3) is 4.33. The van der Waals surface area contributed by atoms with Crippen molar-refractivity contribution in [1.82, 2.24) is 10.2 Å². The molecule has 0 saturated carbocycles. The maximum absolute atomic E-state index is 12.0. The van der Waals surface area contributed by atoms with Gasteiger partial charge in [-0.25, -0.2) is 8.42 Å². The van der Waals surface area contributed by atoms with E-state index in [9.17, 15) is 13.2 Å². The van der Waals surface area contributed by atoms with E-state index in [2.05, 4.69) is 29.6 Å². The first-order valence-corrected chi connectivity index (χ1v) is 10.0. The molecule has 5 nitrogen and oxygen atoms in total. The monoisotopic (exact) mass is 346 g/mol. The van der Waals surface area contributed by atoms with Gasteiger partial charge in [-0.1, -0.05) is 42.5 Å². The number of nitrogens with one attached hydrogen (secondary N) is 1. The number of amides is 1. The summed E-state index contributed by atoms with van der Waals surface area (Å²) in [5.74, 6) is 0.251. The Morgan fingerprint density at radius 1 is 1.04 bits per heavy atom. The summed E-state index contributed by atoms with van der Waals surface area (Å²) in [6, 6.07) is 14.4. The molecule has 1 aliphatic rings. The topological polar surface area (TPSA) is 66.5 Å². The Hall–Kier alpha value is -1.92. The summed E-state index contributed by atoms with van der Waals surface area (Å²) in [6.45, 7) is 1.74. The number of fused-ring (bicyclic) bond motifs is 1. The Morgan fingerprint density at radius 3 is 2.54 bits per heavy atom. The molecule has 0 aliphatic carbocycles. The van der Waals surface area contributed by atoms with E-state index >= 15 is 0 Å². The quantitative estimate of drug-likeness (QED) is 0.884. The van der Waals surface area contributed by atoms with Crippen LogP contribution in [-0.4, -0.2) is 56.9 Å². The molecule has 128 valence electrons. The maximum Gasteiger partial charge on any atom is 0.234 e. The average molecular weight is 346 g/mol. The van der Waals surface area contributed by atoms with Gasteiger partial charge in [0.25, 0.3) is 0 Å². The van der Waals surface area contributed by atoms with E-state index in [1.807, 2.05) is 23.1 Å². The summed E-state index contributed by atoms with van der Waals surface area (Å²) in [5, 5.41) is 5.36. The Balaban J connectivity index is 1.48. The molecule has 1 amide bonds. The zero-order valence-corrected chi connectivity index (χ0v) is 14.4. The lowest BCUT2D eigenvalue weighted by Gasteiger charge is -2.25. The molecule has 1 heterocycles. The van der Waals surface area contributed by atoms with Crippen LogP contribution in [0.1, 0.15) is 5.56 Å². The van der Waals surface area contributed by atoms with Gasteiger partial charge in [0.2, 0.25) is 5.91 Å². The van der Waals surface area contributed by atoms with Gasteiger partial charge >= 0.3 is 0 Å². The smallest absolute Gasteiger partial charge is 0.234 e. The van der Waals surface area contributed by atoms with Crippen LogP contribution in [0, 0.1) is 0 Å². The first kappa shape index (κ1) is 16.9. The van der Waals surface area contributed by atoms with Crippen molar-refractivity contribution in [1.29, 1.82) is 0 Å². The fourth-order valence-electron chi connectivity index (χ4n) is 3.01. The molecule has 24 heavy (non-hydrogen) atoms. The highest BCUT2D eigenvalue weighted by Gasteiger charge is 2.22. The first-order chi connectivity index (χ1) is 11.5. The number of carbonyl (C=O) groups excluding carboxylic acids is 1. The van der Waals surface area contributed by atoms with Gasteiger partial charge in [0.05, 0.1) is 18.1 Å². The fraction of sp³-hybridized carbons (Fsp3) is 0.389. The molecule has 0 aromatic heterocycles. The zero-order valence-electron chi connectivity index (χ0n) is 13.6. The first-order valence-electron chi connectivity index (χ1n) is 8.20. The van der Waals surface area contributed by atoms with Crippen LogP contribution in [-0.2, 0) is 21.1 Å². The second kappa shape index (κ2) is 7.32. The molecule has 2 aromatic rings. The second-order valence-corrected chi connectivity index (χ2v) is 8.47. The van der Waals surface area contributed by atoms with Gasteiger partial charge in [0.1, 0.15) is 0 Å². The Kier molecular flexibility index (Phi) is 5.16. The summed E-state index contributed by atoms with van der Waals surface area (Å²) in [5.41, 5.74) is 1.22. The van der Waals surface area contributed by atoms with E-state index in [0.29, 0.717) is 19.6 Å². The molecule has 0 bridgehead atoms. The normalized spacial score (nSPS) is 17.7. The molecule has 3 rings (SSSR count). The third-order valence-corrected chi connectivity index (χ3v) is 6.01. The molecular formula is C18H22N2O3S. The minimum absolute atomic E-state index is 0.0467. The van der Waals surface area contributed by atoms with Crippen LogP contribution in [0.5, 0.6) is 0 Å². The number of hydrogen-bond acceptors (Lipinski definition) is 4. The zero-order chi connectivity index (χ0) is 17.0. The lowest BCUT2D eigenvalue weighted by atomic mass is 10.0. The summed E-state index contributed by atoms with van der Waals surface area (Å²) in [7, 11) is -2.90. The Labute approximate surface area is 142 Å². The van der Waals surface area contributed by atoms with Crippen LogP contribution >= 0.6 is 0 Å². The molecule has 0 spiro atoms. The van der Waals surface area contributed by atoms with Gasteiger partial charge in [0.15, 0.2) is 9.84 Å². The van der Waals surface area contributed by atoms with Gasteiger partial charge < -0.3 is 5.32 Å². The molecule has 0 radical (unpaired) electrons. The van der Waals surface area contributed by atoms with Crippen molar-refractivity contribution in [3.05, 3.63) is 48.0 Å². The Bertz CT molecular complexity index is 814. The summed E-state index contributed by atoms with van der Waals surface area (Å²) < 4.78 is 22.8.